The summed E-state index contributed by atoms with van der Waals surface area (Å²) in [7, 11) is 0. The smallest absolute Gasteiger partial charge is 0.153 e. The van der Waals surface area contributed by atoms with E-state index in [1.807, 2.05) is 12.1 Å². The van der Waals surface area contributed by atoms with Gasteiger partial charge in [0.1, 0.15) is 5.82 Å². The number of nitrogens with zero attached hydrogens (tertiary/aromatic N) is 2. The normalized spacial score (nSPS) is 16.5. The molecule has 0 radical (unpaired) electrons. The molecule has 2 aromatic rings. The number of piperidine rings is 1. The van der Waals surface area contributed by atoms with Crippen molar-refractivity contribution in [1.82, 2.24) is 20.5 Å². The minimum Gasteiger partial charge on any atom is -0.317 e. The van der Waals surface area contributed by atoms with E-state index in [-0.39, 0.29) is 0 Å². The monoisotopic (exact) mass is 310 g/mol. The maximum absolute atomic E-state index is 6.01. The van der Waals surface area contributed by atoms with Crippen LogP contribution in [0.5, 0.6) is 0 Å². The molecule has 0 aliphatic carbocycles. The summed E-state index contributed by atoms with van der Waals surface area (Å²) in [4.78, 5) is 4.61. The zero-order valence-corrected chi connectivity index (χ0v) is 12.5. The number of hydrogen-bond acceptors (Lipinski definition) is 3. The number of halogens is 2. The number of hydrogen-bond donors (Lipinski definition) is 2. The number of H-pyrrole nitrogens is 1. The van der Waals surface area contributed by atoms with E-state index in [1.54, 1.807) is 6.07 Å². The van der Waals surface area contributed by atoms with Crippen LogP contribution in [0.4, 0.5) is 0 Å². The molecule has 2 N–H and O–H groups in total. The maximum Gasteiger partial charge on any atom is 0.153 e. The molecule has 4 nitrogen and oxygen atoms in total. The lowest BCUT2D eigenvalue weighted by Crippen LogP contribution is -2.27. The van der Waals surface area contributed by atoms with Gasteiger partial charge in [-0.1, -0.05) is 23.2 Å². The molecule has 6 heteroatoms. The van der Waals surface area contributed by atoms with Crippen LogP contribution in [0.1, 0.15) is 36.0 Å². The highest BCUT2D eigenvalue weighted by Crippen LogP contribution is 2.23. The molecular formula is C14H16Cl2N4. The molecule has 1 aliphatic rings. The number of rotatable bonds is 3. The average Bonchev–Trinajstić information content (AvgIpc) is 2.87. The van der Waals surface area contributed by atoms with Gasteiger partial charge in [0.25, 0.3) is 0 Å². The van der Waals surface area contributed by atoms with Gasteiger partial charge in [0.05, 0.1) is 0 Å². The molecule has 0 unspecified atom stereocenters. The lowest BCUT2D eigenvalue weighted by molar-refractivity contribution is 0.446. The van der Waals surface area contributed by atoms with Crippen molar-refractivity contribution in [2.45, 2.75) is 25.2 Å². The lowest BCUT2D eigenvalue weighted by atomic mass is 9.98. The van der Waals surface area contributed by atoms with Gasteiger partial charge < -0.3 is 5.32 Å². The summed E-state index contributed by atoms with van der Waals surface area (Å²) in [5.74, 6) is 2.25. The average molecular weight is 311 g/mol. The van der Waals surface area contributed by atoms with Gasteiger partial charge in [0, 0.05) is 22.4 Å². The second-order valence-electron chi connectivity index (χ2n) is 5.12. The molecular weight excluding hydrogens is 295 g/mol. The standard InChI is InChI=1S/C14H16Cl2N4/c15-11-5-9(6-12(16)8-11)7-13-18-14(20-19-13)10-1-3-17-4-2-10/h5-6,8,10,17H,1-4,7H2,(H,18,19,20). The van der Waals surface area contributed by atoms with E-state index < -0.39 is 0 Å². The van der Waals surface area contributed by atoms with Gasteiger partial charge in [0.15, 0.2) is 5.82 Å². The van der Waals surface area contributed by atoms with Crippen molar-refractivity contribution in [3.63, 3.8) is 0 Å². The van der Waals surface area contributed by atoms with Gasteiger partial charge in [-0.15, -0.1) is 0 Å². The Morgan fingerprint density at radius 3 is 2.50 bits per heavy atom. The van der Waals surface area contributed by atoms with E-state index in [4.69, 9.17) is 23.2 Å². The molecule has 0 bridgehead atoms. The third-order valence-electron chi connectivity index (χ3n) is 3.55. The molecule has 0 amide bonds. The molecule has 1 aromatic carbocycles. The Labute approximate surface area is 127 Å². The quantitative estimate of drug-likeness (QED) is 0.915. The summed E-state index contributed by atoms with van der Waals surface area (Å²) in [5, 5.41) is 12.0. The van der Waals surface area contributed by atoms with Gasteiger partial charge in [-0.25, -0.2) is 4.98 Å². The van der Waals surface area contributed by atoms with Gasteiger partial charge >= 0.3 is 0 Å². The molecule has 1 aromatic heterocycles. The number of benzene rings is 1. The first kappa shape index (κ1) is 13.9. The predicted molar refractivity (Wildman–Crippen MR) is 80.5 cm³/mol. The van der Waals surface area contributed by atoms with Gasteiger partial charge in [-0.2, -0.15) is 5.10 Å². The maximum atomic E-state index is 6.01. The number of nitrogens with one attached hydrogen (secondary N) is 2. The molecule has 1 fully saturated rings. The van der Waals surface area contributed by atoms with Crippen LogP contribution in [-0.4, -0.2) is 28.3 Å². The summed E-state index contributed by atoms with van der Waals surface area (Å²) in [6.07, 6.45) is 2.86. The summed E-state index contributed by atoms with van der Waals surface area (Å²) >= 11 is 12.0. The van der Waals surface area contributed by atoms with E-state index in [2.05, 4.69) is 20.5 Å². The van der Waals surface area contributed by atoms with Crippen molar-refractivity contribution in [2.75, 3.05) is 13.1 Å². The van der Waals surface area contributed by atoms with Crippen LogP contribution in [0.3, 0.4) is 0 Å². The third-order valence-corrected chi connectivity index (χ3v) is 3.98. The molecule has 0 spiro atoms. The van der Waals surface area contributed by atoms with E-state index in [0.717, 1.165) is 43.1 Å². The molecule has 0 saturated carbocycles. The Morgan fingerprint density at radius 1 is 1.10 bits per heavy atom. The van der Waals surface area contributed by atoms with Gasteiger partial charge in [0.2, 0.25) is 0 Å². The van der Waals surface area contributed by atoms with Crippen molar-refractivity contribution in [3.05, 3.63) is 45.5 Å². The van der Waals surface area contributed by atoms with Gasteiger partial charge in [-0.05, 0) is 49.7 Å². The Bertz CT molecular complexity index is 570. The highest BCUT2D eigenvalue weighted by Gasteiger charge is 2.19. The van der Waals surface area contributed by atoms with Crippen LogP contribution in [0.15, 0.2) is 18.2 Å². The number of aromatic nitrogens is 3. The molecule has 2 heterocycles. The van der Waals surface area contributed by atoms with Crippen LogP contribution < -0.4 is 5.32 Å². The summed E-state index contributed by atoms with van der Waals surface area (Å²) in [6, 6.07) is 5.54. The van der Waals surface area contributed by atoms with Crippen molar-refractivity contribution >= 4 is 23.2 Å². The first-order chi connectivity index (χ1) is 9.70. The molecule has 20 heavy (non-hydrogen) atoms. The first-order valence-corrected chi connectivity index (χ1v) is 7.53. The molecule has 0 atom stereocenters. The van der Waals surface area contributed by atoms with Crippen molar-refractivity contribution in [1.29, 1.82) is 0 Å². The fourth-order valence-corrected chi connectivity index (χ4v) is 3.13. The van der Waals surface area contributed by atoms with Crippen LogP contribution in [0, 0.1) is 0 Å². The van der Waals surface area contributed by atoms with E-state index >= 15 is 0 Å². The van der Waals surface area contributed by atoms with Gasteiger partial charge in [-0.3, -0.25) is 5.10 Å². The minimum absolute atomic E-state index is 0.462. The van der Waals surface area contributed by atoms with Crippen molar-refractivity contribution in [2.24, 2.45) is 0 Å². The van der Waals surface area contributed by atoms with Crippen LogP contribution in [0.25, 0.3) is 0 Å². The second-order valence-corrected chi connectivity index (χ2v) is 5.99. The lowest BCUT2D eigenvalue weighted by Gasteiger charge is -2.19. The Hall–Kier alpha value is -1.10. The fraction of sp³-hybridized carbons (Fsp3) is 0.429. The van der Waals surface area contributed by atoms with Crippen LogP contribution in [-0.2, 0) is 6.42 Å². The summed E-state index contributed by atoms with van der Waals surface area (Å²) in [5.41, 5.74) is 1.04. The summed E-state index contributed by atoms with van der Waals surface area (Å²) < 4.78 is 0. The Morgan fingerprint density at radius 2 is 1.80 bits per heavy atom. The highest BCUT2D eigenvalue weighted by atomic mass is 35.5. The topological polar surface area (TPSA) is 53.6 Å². The molecule has 106 valence electrons. The van der Waals surface area contributed by atoms with Crippen LogP contribution >= 0.6 is 23.2 Å². The predicted octanol–water partition coefficient (Wildman–Crippen LogP) is 3.17. The van der Waals surface area contributed by atoms with E-state index in [1.165, 1.54) is 0 Å². The summed E-state index contributed by atoms with van der Waals surface area (Å²) in [6.45, 7) is 2.08. The fourth-order valence-electron chi connectivity index (χ4n) is 2.56. The molecule has 1 saturated heterocycles. The molecule has 1 aliphatic heterocycles. The second kappa shape index (κ2) is 6.12. The van der Waals surface area contributed by atoms with Crippen molar-refractivity contribution in [3.8, 4) is 0 Å². The minimum atomic E-state index is 0.462. The van der Waals surface area contributed by atoms with E-state index in [0.29, 0.717) is 22.4 Å². The SMILES string of the molecule is Clc1cc(Cl)cc(Cc2nc(C3CCNCC3)n[nH]2)c1. The van der Waals surface area contributed by atoms with Crippen molar-refractivity contribution < 1.29 is 0 Å². The Kier molecular flexibility index (Phi) is 4.24. The van der Waals surface area contributed by atoms with E-state index in [9.17, 15) is 0 Å². The first-order valence-electron chi connectivity index (χ1n) is 6.77. The zero-order chi connectivity index (χ0) is 13.9. The number of aromatic amines is 1. The van der Waals surface area contributed by atoms with Crippen LogP contribution in [0.2, 0.25) is 10.0 Å². The largest absolute Gasteiger partial charge is 0.317 e. The zero-order valence-electron chi connectivity index (χ0n) is 11.0. The third kappa shape index (κ3) is 3.32. The highest BCUT2D eigenvalue weighted by molar-refractivity contribution is 6.34. The molecule has 3 rings (SSSR count). The Balaban J connectivity index is 1.73.